The maximum atomic E-state index is 10.3. The number of piperidine rings is 1. The molecule has 24 heavy (non-hydrogen) atoms. The molecule has 0 radical (unpaired) electrons. The van der Waals surface area contributed by atoms with Gasteiger partial charge in [-0.2, -0.15) is 5.10 Å². The van der Waals surface area contributed by atoms with Crippen molar-refractivity contribution in [3.63, 3.8) is 0 Å². The van der Waals surface area contributed by atoms with Gasteiger partial charge < -0.3 is 14.7 Å². The number of nitrogens with zero attached hydrogens (tertiary/aromatic N) is 3. The van der Waals surface area contributed by atoms with Crippen molar-refractivity contribution >= 4 is 5.82 Å². The van der Waals surface area contributed by atoms with Crippen LogP contribution in [0.5, 0.6) is 0 Å². The highest BCUT2D eigenvalue weighted by Gasteiger charge is 2.44. The number of aromatic nitrogens is 2. The largest absolute Gasteiger partial charge is 0.393 e. The van der Waals surface area contributed by atoms with E-state index in [1.807, 2.05) is 0 Å². The van der Waals surface area contributed by atoms with Crippen LogP contribution in [0.1, 0.15) is 65.0 Å². The van der Waals surface area contributed by atoms with Gasteiger partial charge in [0.15, 0.2) is 5.82 Å². The number of anilines is 1. The smallest absolute Gasteiger partial charge is 0.151 e. The Hall–Kier alpha value is -1.20. The lowest BCUT2D eigenvalue weighted by atomic mass is 9.80. The Morgan fingerprint density at radius 1 is 1.17 bits per heavy atom. The Labute approximate surface area is 145 Å². The molecule has 134 valence electrons. The molecule has 2 aliphatic rings. The minimum absolute atomic E-state index is 0.158. The van der Waals surface area contributed by atoms with E-state index in [1.165, 1.54) is 0 Å². The minimum atomic E-state index is -0.234. The summed E-state index contributed by atoms with van der Waals surface area (Å²) in [4.78, 5) is 2.29. The average molecular weight is 333 g/mol. The maximum absolute atomic E-state index is 10.3. The summed E-state index contributed by atoms with van der Waals surface area (Å²) in [5.74, 6) is 1.80. The first kappa shape index (κ1) is 17.6. The normalized spacial score (nSPS) is 27.2. The fraction of sp³-hybridized carbons (Fsp3) is 0.789. The van der Waals surface area contributed by atoms with Gasteiger partial charge >= 0.3 is 0 Å². The number of hydrogen-bond donors (Lipinski definition) is 1. The number of ether oxygens (including phenoxy) is 1. The molecule has 1 spiro atoms. The second kappa shape index (κ2) is 6.96. The summed E-state index contributed by atoms with van der Waals surface area (Å²) < 4.78 is 6.46. The minimum Gasteiger partial charge on any atom is -0.393 e. The molecule has 5 nitrogen and oxygen atoms in total. The van der Waals surface area contributed by atoms with Crippen molar-refractivity contribution in [3.8, 4) is 0 Å². The molecular weight excluding hydrogens is 302 g/mol. The lowest BCUT2D eigenvalue weighted by Gasteiger charge is -2.49. The van der Waals surface area contributed by atoms with E-state index < -0.39 is 0 Å². The van der Waals surface area contributed by atoms with E-state index in [0.29, 0.717) is 11.8 Å². The highest BCUT2D eigenvalue weighted by Crippen LogP contribution is 2.39. The predicted octanol–water partition coefficient (Wildman–Crippen LogP) is 3.13. The van der Waals surface area contributed by atoms with Crippen molar-refractivity contribution in [2.75, 3.05) is 18.0 Å². The first-order valence-electron chi connectivity index (χ1n) is 9.33. The van der Waals surface area contributed by atoms with E-state index in [0.717, 1.165) is 50.3 Å². The molecule has 5 heteroatoms. The van der Waals surface area contributed by atoms with Crippen LogP contribution in [0.3, 0.4) is 0 Å². The second-order valence-electron chi connectivity index (χ2n) is 8.14. The highest BCUT2D eigenvalue weighted by atomic mass is 16.5. The molecule has 0 aromatic carbocycles. The zero-order valence-electron chi connectivity index (χ0n) is 15.4. The van der Waals surface area contributed by atoms with E-state index in [4.69, 9.17) is 4.74 Å². The molecule has 0 unspecified atom stereocenters. The zero-order valence-corrected chi connectivity index (χ0v) is 15.4. The summed E-state index contributed by atoms with van der Waals surface area (Å²) in [6, 6.07) is 4.15. The van der Waals surface area contributed by atoms with Crippen LogP contribution in [0.2, 0.25) is 0 Å². The van der Waals surface area contributed by atoms with Crippen molar-refractivity contribution in [1.29, 1.82) is 0 Å². The quantitative estimate of drug-likeness (QED) is 0.921. The van der Waals surface area contributed by atoms with E-state index in [2.05, 4.69) is 54.9 Å². The molecule has 1 N–H and O–H groups in total. The van der Waals surface area contributed by atoms with Gasteiger partial charge in [0.25, 0.3) is 0 Å². The predicted molar refractivity (Wildman–Crippen MR) is 95.3 cm³/mol. The first-order valence-corrected chi connectivity index (χ1v) is 9.33. The lowest BCUT2D eigenvalue weighted by molar-refractivity contribution is -0.183. The van der Waals surface area contributed by atoms with Gasteiger partial charge in [-0.25, -0.2) is 0 Å². The van der Waals surface area contributed by atoms with Gasteiger partial charge in [-0.3, -0.25) is 0 Å². The molecule has 1 aromatic heterocycles. The topological polar surface area (TPSA) is 58.5 Å². The van der Waals surface area contributed by atoms with Crippen molar-refractivity contribution in [2.24, 2.45) is 5.92 Å². The molecule has 0 aliphatic carbocycles. The Morgan fingerprint density at radius 3 is 2.42 bits per heavy atom. The Kier molecular flexibility index (Phi) is 5.11. The number of rotatable bonds is 3. The van der Waals surface area contributed by atoms with Gasteiger partial charge in [0, 0.05) is 19.5 Å². The Morgan fingerprint density at radius 2 is 1.88 bits per heavy atom. The molecule has 0 bridgehead atoms. The Bertz CT molecular complexity index is 536. The van der Waals surface area contributed by atoms with Gasteiger partial charge in [0.1, 0.15) is 0 Å². The molecular formula is C19H31N3O2. The fourth-order valence-electron chi connectivity index (χ4n) is 3.88. The number of aliphatic hydroxyl groups is 1. The van der Waals surface area contributed by atoms with Crippen molar-refractivity contribution in [1.82, 2.24) is 10.2 Å². The van der Waals surface area contributed by atoms with Crippen LogP contribution in [0.4, 0.5) is 5.82 Å². The highest BCUT2D eigenvalue weighted by molar-refractivity contribution is 5.38. The van der Waals surface area contributed by atoms with Crippen LogP contribution in [0.15, 0.2) is 12.1 Å². The van der Waals surface area contributed by atoms with E-state index >= 15 is 0 Å². The standard InChI is InChI=1S/C19H31N3O2/c1-13(2)16-5-6-18(21-20-16)22-9-7-19(8-10-22)12-15(23)11-17(24-19)14(3)4/h5-6,13-15,17,23H,7-12H2,1-4H3/t15-,17-/m1/s1. The zero-order chi connectivity index (χ0) is 17.3. The molecule has 0 amide bonds. The molecule has 3 rings (SSSR count). The number of hydrogen-bond acceptors (Lipinski definition) is 5. The molecule has 2 atom stereocenters. The van der Waals surface area contributed by atoms with Gasteiger partial charge in [-0.1, -0.05) is 27.7 Å². The Balaban J connectivity index is 1.64. The van der Waals surface area contributed by atoms with Crippen LogP contribution in [-0.2, 0) is 4.74 Å². The summed E-state index contributed by atoms with van der Waals surface area (Å²) in [5, 5.41) is 19.0. The van der Waals surface area contributed by atoms with Gasteiger partial charge in [0.05, 0.1) is 23.5 Å². The van der Waals surface area contributed by atoms with E-state index in [1.54, 1.807) is 0 Å². The van der Waals surface area contributed by atoms with Gasteiger partial charge in [-0.05, 0) is 43.2 Å². The maximum Gasteiger partial charge on any atom is 0.151 e. The number of aliphatic hydroxyl groups excluding tert-OH is 1. The summed E-state index contributed by atoms with van der Waals surface area (Å²) >= 11 is 0. The van der Waals surface area contributed by atoms with E-state index in [-0.39, 0.29) is 17.8 Å². The summed E-state index contributed by atoms with van der Waals surface area (Å²) in [5.41, 5.74) is 0.875. The van der Waals surface area contributed by atoms with Crippen molar-refractivity contribution in [2.45, 2.75) is 77.1 Å². The van der Waals surface area contributed by atoms with Crippen LogP contribution in [0, 0.1) is 5.92 Å². The van der Waals surface area contributed by atoms with E-state index in [9.17, 15) is 5.11 Å². The molecule has 2 saturated heterocycles. The van der Waals surface area contributed by atoms with Gasteiger partial charge in [0.2, 0.25) is 0 Å². The molecule has 0 saturated carbocycles. The molecule has 3 heterocycles. The van der Waals surface area contributed by atoms with Crippen molar-refractivity contribution in [3.05, 3.63) is 17.8 Å². The third-order valence-corrected chi connectivity index (χ3v) is 5.52. The van der Waals surface area contributed by atoms with Gasteiger partial charge in [-0.15, -0.1) is 5.10 Å². The third-order valence-electron chi connectivity index (χ3n) is 5.52. The SMILES string of the molecule is CC(C)c1ccc(N2CCC3(CC2)C[C@H](O)C[C@H](C(C)C)O3)nn1. The second-order valence-corrected chi connectivity index (χ2v) is 8.14. The fourth-order valence-corrected chi connectivity index (χ4v) is 3.88. The van der Waals surface area contributed by atoms with Crippen molar-refractivity contribution < 1.29 is 9.84 Å². The van der Waals surface area contributed by atoms with Crippen LogP contribution < -0.4 is 4.90 Å². The monoisotopic (exact) mass is 333 g/mol. The summed E-state index contributed by atoms with van der Waals surface area (Å²) in [6.45, 7) is 10.4. The molecule has 2 aliphatic heterocycles. The molecule has 2 fully saturated rings. The summed E-state index contributed by atoms with van der Waals surface area (Å²) in [6.07, 6.45) is 3.36. The summed E-state index contributed by atoms with van der Waals surface area (Å²) in [7, 11) is 0. The van der Waals surface area contributed by atoms with Crippen LogP contribution in [-0.4, -0.2) is 46.2 Å². The third kappa shape index (κ3) is 3.72. The lowest BCUT2D eigenvalue weighted by Crippen LogP contribution is -2.54. The van der Waals surface area contributed by atoms with Crippen LogP contribution in [0.25, 0.3) is 0 Å². The first-order chi connectivity index (χ1) is 11.4. The van der Waals surface area contributed by atoms with Crippen LogP contribution >= 0.6 is 0 Å². The molecule has 1 aromatic rings. The average Bonchev–Trinajstić information content (AvgIpc) is 2.55.